The second-order valence-corrected chi connectivity index (χ2v) is 9.31. The van der Waals surface area contributed by atoms with Crippen LogP contribution in [0.5, 0.6) is 0 Å². The largest absolute Gasteiger partial charge is 0.368 e. The second-order valence-electron chi connectivity index (χ2n) is 9.31. The van der Waals surface area contributed by atoms with E-state index in [0.717, 1.165) is 11.1 Å². The van der Waals surface area contributed by atoms with Gasteiger partial charge >= 0.3 is 0 Å². The third-order valence-corrected chi connectivity index (χ3v) is 6.13. The van der Waals surface area contributed by atoms with Gasteiger partial charge in [0.05, 0.1) is 6.04 Å². The number of amides is 4. The van der Waals surface area contributed by atoms with Crippen LogP contribution in [0.3, 0.4) is 0 Å². The van der Waals surface area contributed by atoms with Crippen molar-refractivity contribution in [3.63, 3.8) is 0 Å². The number of nitrogens with zero attached hydrogens (tertiary/aromatic N) is 1. The summed E-state index contributed by atoms with van der Waals surface area (Å²) in [6.07, 6.45) is 3.79. The van der Waals surface area contributed by atoms with Crippen molar-refractivity contribution in [2.24, 2.45) is 11.5 Å². The number of pyridine rings is 1. The van der Waals surface area contributed by atoms with Crippen LogP contribution in [0, 0.1) is 0 Å². The lowest BCUT2D eigenvalue weighted by Gasteiger charge is -2.24. The molecule has 0 bridgehead atoms. The van der Waals surface area contributed by atoms with Gasteiger partial charge in [0.15, 0.2) is 0 Å². The van der Waals surface area contributed by atoms with Crippen molar-refractivity contribution in [3.05, 3.63) is 102 Å². The van der Waals surface area contributed by atoms with Crippen LogP contribution in [0.2, 0.25) is 0 Å². The monoisotopic (exact) mass is 530 g/mol. The Labute approximate surface area is 227 Å². The minimum Gasteiger partial charge on any atom is -0.368 e. The van der Waals surface area contributed by atoms with E-state index in [4.69, 9.17) is 11.5 Å². The number of nitrogens with two attached hydrogens (primary N) is 2. The van der Waals surface area contributed by atoms with Crippen molar-refractivity contribution < 1.29 is 19.2 Å². The number of aromatic nitrogens is 1. The van der Waals surface area contributed by atoms with Crippen molar-refractivity contribution in [2.75, 3.05) is 0 Å². The van der Waals surface area contributed by atoms with Crippen LogP contribution in [0.1, 0.15) is 23.6 Å². The molecule has 0 aliphatic heterocycles. The average Bonchev–Trinajstić information content (AvgIpc) is 2.93. The topological polar surface area (TPSA) is 169 Å². The van der Waals surface area contributed by atoms with E-state index in [2.05, 4.69) is 20.9 Å². The Morgan fingerprint density at radius 2 is 1.23 bits per heavy atom. The van der Waals surface area contributed by atoms with E-state index in [-0.39, 0.29) is 12.8 Å². The molecule has 7 N–H and O–H groups in total. The summed E-state index contributed by atoms with van der Waals surface area (Å²) < 4.78 is 0. The maximum absolute atomic E-state index is 13.3. The molecule has 0 aliphatic rings. The lowest BCUT2D eigenvalue weighted by Crippen LogP contribution is -2.57. The van der Waals surface area contributed by atoms with Gasteiger partial charge in [0.2, 0.25) is 23.6 Å². The highest BCUT2D eigenvalue weighted by Crippen LogP contribution is 2.07. The summed E-state index contributed by atoms with van der Waals surface area (Å²) in [5.41, 5.74) is 14.0. The summed E-state index contributed by atoms with van der Waals surface area (Å²) in [5, 5.41) is 7.96. The summed E-state index contributed by atoms with van der Waals surface area (Å²) in [6.45, 7) is 1.51. The molecular weight excluding hydrogens is 496 g/mol. The predicted molar refractivity (Wildman–Crippen MR) is 147 cm³/mol. The fourth-order valence-corrected chi connectivity index (χ4v) is 3.95. The zero-order chi connectivity index (χ0) is 28.2. The minimum atomic E-state index is -1.03. The van der Waals surface area contributed by atoms with Crippen molar-refractivity contribution in [1.29, 1.82) is 0 Å². The lowest BCUT2D eigenvalue weighted by atomic mass is 10.0. The Morgan fingerprint density at radius 3 is 1.79 bits per heavy atom. The standard InChI is InChI=1S/C29H34N6O4/c1-19(33-28(38)23(30)15-20-9-4-2-5-10-20)27(37)35-25(16-21-11-6-3-7-12-21)29(39)34-24(26(31)36)17-22-13-8-14-32-18-22/h2-14,18-19,23-25H,15-17,30H2,1H3,(H2,31,36)(H,33,38)(H,34,39)(H,35,37)/t19-,23+,24-,25-/m0/s1. The lowest BCUT2D eigenvalue weighted by molar-refractivity contribution is -0.133. The van der Waals surface area contributed by atoms with Gasteiger partial charge in [-0.3, -0.25) is 24.2 Å². The predicted octanol–water partition coefficient (Wildman–Crippen LogP) is 0.396. The van der Waals surface area contributed by atoms with Gasteiger partial charge in [-0.1, -0.05) is 66.7 Å². The normalized spacial score (nSPS) is 13.8. The molecule has 0 radical (unpaired) electrons. The minimum absolute atomic E-state index is 0.146. The van der Waals surface area contributed by atoms with Crippen molar-refractivity contribution in [2.45, 2.75) is 50.4 Å². The number of benzene rings is 2. The first kappa shape index (κ1) is 29.0. The van der Waals surface area contributed by atoms with Crippen LogP contribution in [0.15, 0.2) is 85.2 Å². The highest BCUT2D eigenvalue weighted by molar-refractivity contribution is 5.94. The van der Waals surface area contributed by atoms with Crippen LogP contribution < -0.4 is 27.4 Å². The first-order valence-corrected chi connectivity index (χ1v) is 12.7. The molecule has 0 aliphatic carbocycles. The number of hydrogen-bond donors (Lipinski definition) is 5. The quantitative estimate of drug-likeness (QED) is 0.214. The number of carbonyl (C=O) groups is 4. The molecular formula is C29H34N6O4. The third kappa shape index (κ3) is 9.35. The Bertz CT molecular complexity index is 1240. The van der Waals surface area contributed by atoms with Gasteiger partial charge in [0.25, 0.3) is 0 Å². The Hall–Kier alpha value is -4.57. The van der Waals surface area contributed by atoms with Crippen LogP contribution in [-0.4, -0.2) is 52.8 Å². The van der Waals surface area contributed by atoms with Crippen LogP contribution in [0.4, 0.5) is 0 Å². The summed E-state index contributed by atoms with van der Waals surface area (Å²) in [5.74, 6) is -2.37. The molecule has 2 aromatic carbocycles. The first-order valence-electron chi connectivity index (χ1n) is 12.7. The number of hydrogen-bond acceptors (Lipinski definition) is 6. The molecule has 0 unspecified atom stereocenters. The Morgan fingerprint density at radius 1 is 0.692 bits per heavy atom. The maximum atomic E-state index is 13.3. The van der Waals surface area contributed by atoms with Gasteiger partial charge in [-0.05, 0) is 36.1 Å². The fourth-order valence-electron chi connectivity index (χ4n) is 3.95. The zero-order valence-electron chi connectivity index (χ0n) is 21.7. The number of nitrogens with one attached hydrogen (secondary N) is 3. The SMILES string of the molecule is C[C@H](NC(=O)[C@H](N)Cc1ccccc1)C(=O)N[C@@H](Cc1ccccc1)C(=O)N[C@@H](Cc1cccnc1)C(N)=O. The highest BCUT2D eigenvalue weighted by atomic mass is 16.2. The summed E-state index contributed by atoms with van der Waals surface area (Å²) >= 11 is 0. The van der Waals surface area contributed by atoms with Gasteiger partial charge in [-0.15, -0.1) is 0 Å². The maximum Gasteiger partial charge on any atom is 0.243 e. The van der Waals surface area contributed by atoms with E-state index >= 15 is 0 Å². The van der Waals surface area contributed by atoms with E-state index in [0.29, 0.717) is 12.0 Å². The summed E-state index contributed by atoms with van der Waals surface area (Å²) in [4.78, 5) is 55.1. The van der Waals surface area contributed by atoms with Gasteiger partial charge in [0.1, 0.15) is 18.1 Å². The molecule has 3 rings (SSSR count). The summed E-state index contributed by atoms with van der Waals surface area (Å²) in [7, 11) is 0. The van der Waals surface area contributed by atoms with E-state index in [1.54, 1.807) is 24.5 Å². The van der Waals surface area contributed by atoms with E-state index in [1.165, 1.54) is 6.92 Å². The highest BCUT2D eigenvalue weighted by Gasteiger charge is 2.28. The smallest absolute Gasteiger partial charge is 0.243 e. The molecule has 204 valence electrons. The first-order chi connectivity index (χ1) is 18.7. The molecule has 0 spiro atoms. The molecule has 1 aromatic heterocycles. The molecule has 0 saturated heterocycles. The molecule has 4 atom stereocenters. The second kappa shape index (κ2) is 14.4. The number of carbonyl (C=O) groups excluding carboxylic acids is 4. The molecule has 4 amide bonds. The zero-order valence-corrected chi connectivity index (χ0v) is 21.7. The molecule has 10 nitrogen and oxygen atoms in total. The summed E-state index contributed by atoms with van der Waals surface area (Å²) in [6, 6.07) is 18.0. The van der Waals surface area contributed by atoms with E-state index in [9.17, 15) is 19.2 Å². The molecule has 39 heavy (non-hydrogen) atoms. The third-order valence-electron chi connectivity index (χ3n) is 6.13. The fraction of sp³-hybridized carbons (Fsp3) is 0.276. The Balaban J connectivity index is 1.66. The van der Waals surface area contributed by atoms with Crippen LogP contribution >= 0.6 is 0 Å². The molecule has 3 aromatic rings. The molecule has 1 heterocycles. The van der Waals surface area contributed by atoms with E-state index in [1.807, 2.05) is 60.7 Å². The van der Waals surface area contributed by atoms with Gasteiger partial charge in [-0.25, -0.2) is 0 Å². The number of primary amides is 1. The van der Waals surface area contributed by atoms with E-state index < -0.39 is 47.8 Å². The number of rotatable bonds is 13. The van der Waals surface area contributed by atoms with Crippen molar-refractivity contribution in [3.8, 4) is 0 Å². The van der Waals surface area contributed by atoms with Crippen molar-refractivity contribution in [1.82, 2.24) is 20.9 Å². The molecule has 0 saturated carbocycles. The van der Waals surface area contributed by atoms with Gasteiger partial charge in [-0.2, -0.15) is 0 Å². The Kier molecular flexibility index (Phi) is 10.7. The molecule has 10 heteroatoms. The van der Waals surface area contributed by atoms with Gasteiger partial charge < -0.3 is 27.4 Å². The van der Waals surface area contributed by atoms with Crippen LogP contribution in [-0.2, 0) is 38.4 Å². The van der Waals surface area contributed by atoms with Gasteiger partial charge in [0, 0.05) is 25.2 Å². The average molecular weight is 531 g/mol. The van der Waals surface area contributed by atoms with Crippen LogP contribution in [0.25, 0.3) is 0 Å². The van der Waals surface area contributed by atoms with Crippen molar-refractivity contribution >= 4 is 23.6 Å². The molecule has 0 fully saturated rings.